The van der Waals surface area contributed by atoms with E-state index >= 15 is 4.39 Å². The van der Waals surface area contributed by atoms with Crippen molar-refractivity contribution in [3.8, 4) is 16.9 Å². The van der Waals surface area contributed by atoms with E-state index in [1.807, 2.05) is 6.07 Å². The van der Waals surface area contributed by atoms with Crippen molar-refractivity contribution in [3.05, 3.63) is 88.5 Å². The van der Waals surface area contributed by atoms with E-state index in [0.29, 0.717) is 11.1 Å². The van der Waals surface area contributed by atoms with Crippen LogP contribution in [-0.2, 0) is 16.1 Å². The van der Waals surface area contributed by atoms with E-state index in [-0.39, 0.29) is 40.4 Å². The average Bonchev–Trinajstić information content (AvgIpc) is 3.26. The van der Waals surface area contributed by atoms with E-state index < -0.39 is 36.6 Å². The number of alkyl halides is 2. The molecule has 8 heteroatoms. The Hall–Kier alpha value is -3.39. The Kier molecular flexibility index (Phi) is 8.64. The number of hydrogen-bond acceptors (Lipinski definition) is 4. The summed E-state index contributed by atoms with van der Waals surface area (Å²) in [5.41, 5.74) is 1.79. The Morgan fingerprint density at radius 3 is 2.51 bits per heavy atom. The van der Waals surface area contributed by atoms with E-state index in [4.69, 9.17) is 4.74 Å². The van der Waals surface area contributed by atoms with Crippen LogP contribution in [0.15, 0.2) is 54.6 Å². The molecule has 1 saturated carbocycles. The van der Waals surface area contributed by atoms with Crippen LogP contribution in [0.2, 0.25) is 0 Å². The van der Waals surface area contributed by atoms with Crippen molar-refractivity contribution in [3.63, 3.8) is 0 Å². The predicted molar refractivity (Wildman–Crippen MR) is 139 cm³/mol. The van der Waals surface area contributed by atoms with Crippen LogP contribution in [0.5, 0.6) is 5.75 Å². The molecule has 3 aromatic rings. The third-order valence-corrected chi connectivity index (χ3v) is 7.62. The first-order valence-corrected chi connectivity index (χ1v) is 12.9. The molecule has 0 unspecified atom stereocenters. The maximum absolute atomic E-state index is 15.1. The van der Waals surface area contributed by atoms with Crippen LogP contribution in [0.3, 0.4) is 0 Å². The minimum Gasteiger partial charge on any atom is -0.486 e. The highest BCUT2D eigenvalue weighted by molar-refractivity contribution is 5.71. The van der Waals surface area contributed by atoms with E-state index in [1.54, 1.807) is 12.1 Å². The standard InChI is InChI=1S/C31H32F4O4/c1-31(2)13-5-7-24(31)22-14-18(9-11-20(22)23-15-19(30(34)35)10-12-25(23)32)17-39-27-8-4-6-21(29(27)33)26(36)16-28(37)38-3/h4,6,8-12,14-15,24,26,30,36H,5,7,13,16-17H2,1-3H3/t24-,26-/m1/s1. The molecule has 0 radical (unpaired) electrons. The van der Waals surface area contributed by atoms with Crippen molar-refractivity contribution in [1.29, 1.82) is 0 Å². The van der Waals surface area contributed by atoms with Crippen LogP contribution in [0.25, 0.3) is 11.1 Å². The zero-order valence-electron chi connectivity index (χ0n) is 22.1. The highest BCUT2D eigenvalue weighted by Gasteiger charge is 2.37. The SMILES string of the molecule is COC(=O)C[C@@H](O)c1cccc(OCc2ccc(-c3cc(C(F)F)ccc3F)c([C@H]3CCCC3(C)C)c2)c1F. The summed E-state index contributed by atoms with van der Waals surface area (Å²) in [6.45, 7) is 4.27. The molecule has 0 bridgehead atoms. The molecule has 0 heterocycles. The van der Waals surface area contributed by atoms with Gasteiger partial charge in [-0.2, -0.15) is 0 Å². The first kappa shape index (κ1) is 28.6. The van der Waals surface area contributed by atoms with Gasteiger partial charge in [0.2, 0.25) is 0 Å². The van der Waals surface area contributed by atoms with Gasteiger partial charge in [-0.1, -0.05) is 56.7 Å². The van der Waals surface area contributed by atoms with Gasteiger partial charge in [-0.25, -0.2) is 17.6 Å². The molecular formula is C31H32F4O4. The van der Waals surface area contributed by atoms with Crippen molar-refractivity contribution in [2.45, 2.75) is 64.6 Å². The van der Waals surface area contributed by atoms with Crippen molar-refractivity contribution in [2.24, 2.45) is 5.41 Å². The number of esters is 1. The fourth-order valence-corrected chi connectivity index (χ4v) is 5.43. The van der Waals surface area contributed by atoms with Crippen molar-refractivity contribution in [2.75, 3.05) is 7.11 Å². The van der Waals surface area contributed by atoms with Gasteiger partial charge in [0.05, 0.1) is 19.6 Å². The molecule has 39 heavy (non-hydrogen) atoms. The number of aliphatic hydroxyl groups is 1. The van der Waals surface area contributed by atoms with Gasteiger partial charge in [-0.05, 0) is 59.1 Å². The summed E-state index contributed by atoms with van der Waals surface area (Å²) in [7, 11) is 1.18. The van der Waals surface area contributed by atoms with Crippen LogP contribution in [0.4, 0.5) is 17.6 Å². The van der Waals surface area contributed by atoms with Gasteiger partial charge in [-0.15, -0.1) is 0 Å². The number of carbonyl (C=O) groups is 1. The number of aliphatic hydroxyl groups excluding tert-OH is 1. The average molecular weight is 545 g/mol. The fraction of sp³-hybridized carbons (Fsp3) is 0.387. The largest absolute Gasteiger partial charge is 0.486 e. The minimum absolute atomic E-state index is 0.0204. The van der Waals surface area contributed by atoms with Crippen LogP contribution in [0, 0.1) is 17.0 Å². The highest BCUT2D eigenvalue weighted by Crippen LogP contribution is 2.51. The Labute approximate surface area is 225 Å². The lowest BCUT2D eigenvalue weighted by atomic mass is 9.75. The summed E-state index contributed by atoms with van der Waals surface area (Å²) in [6.07, 6.45) is -1.68. The van der Waals surface area contributed by atoms with Crippen LogP contribution >= 0.6 is 0 Å². The zero-order chi connectivity index (χ0) is 28.3. The highest BCUT2D eigenvalue weighted by atomic mass is 19.3. The third-order valence-electron chi connectivity index (χ3n) is 7.62. The third kappa shape index (κ3) is 6.27. The lowest BCUT2D eigenvalue weighted by molar-refractivity contribution is -0.142. The van der Waals surface area contributed by atoms with Crippen molar-refractivity contribution < 1.29 is 36.9 Å². The smallest absolute Gasteiger partial charge is 0.308 e. The number of carbonyl (C=O) groups excluding carboxylic acids is 1. The Balaban J connectivity index is 1.67. The molecule has 1 aliphatic rings. The maximum atomic E-state index is 15.1. The van der Waals surface area contributed by atoms with Gasteiger partial charge in [0.25, 0.3) is 6.43 Å². The van der Waals surface area contributed by atoms with Gasteiger partial charge in [0.15, 0.2) is 11.6 Å². The minimum atomic E-state index is -2.72. The second kappa shape index (κ2) is 11.8. The summed E-state index contributed by atoms with van der Waals surface area (Å²) in [4.78, 5) is 11.5. The second-order valence-electron chi connectivity index (χ2n) is 10.6. The molecule has 4 nitrogen and oxygen atoms in total. The summed E-state index contributed by atoms with van der Waals surface area (Å²) >= 11 is 0. The molecule has 0 amide bonds. The quantitative estimate of drug-likeness (QED) is 0.219. The molecular weight excluding hydrogens is 512 g/mol. The number of halogens is 4. The fourth-order valence-electron chi connectivity index (χ4n) is 5.43. The van der Waals surface area contributed by atoms with Crippen molar-refractivity contribution >= 4 is 5.97 Å². The number of benzene rings is 3. The van der Waals surface area contributed by atoms with Gasteiger partial charge in [-0.3, -0.25) is 4.79 Å². The normalized spacial score (nSPS) is 17.3. The zero-order valence-corrected chi connectivity index (χ0v) is 22.1. The number of hydrogen-bond donors (Lipinski definition) is 1. The molecule has 0 saturated heterocycles. The van der Waals surface area contributed by atoms with E-state index in [9.17, 15) is 23.1 Å². The van der Waals surface area contributed by atoms with E-state index in [1.165, 1.54) is 31.4 Å². The topological polar surface area (TPSA) is 55.8 Å². The molecule has 0 aliphatic heterocycles. The Morgan fingerprint density at radius 1 is 1.08 bits per heavy atom. The van der Waals surface area contributed by atoms with Crippen molar-refractivity contribution in [1.82, 2.24) is 0 Å². The van der Waals surface area contributed by atoms with Gasteiger partial charge < -0.3 is 14.6 Å². The molecule has 0 aromatic heterocycles. The van der Waals surface area contributed by atoms with Crippen LogP contribution < -0.4 is 4.74 Å². The molecule has 4 rings (SSSR count). The number of rotatable bonds is 9. The lowest BCUT2D eigenvalue weighted by Crippen LogP contribution is -2.17. The Morgan fingerprint density at radius 2 is 1.85 bits per heavy atom. The van der Waals surface area contributed by atoms with E-state index in [2.05, 4.69) is 18.6 Å². The summed E-state index contributed by atoms with van der Waals surface area (Å²) in [5, 5.41) is 10.3. The molecule has 2 atom stereocenters. The Bertz CT molecular complexity index is 1340. The van der Waals surface area contributed by atoms with Crippen LogP contribution in [0.1, 0.15) is 80.2 Å². The molecule has 208 valence electrons. The maximum Gasteiger partial charge on any atom is 0.308 e. The molecule has 3 aromatic carbocycles. The molecule has 1 aliphatic carbocycles. The van der Waals surface area contributed by atoms with Gasteiger partial charge in [0, 0.05) is 16.7 Å². The number of ether oxygens (including phenoxy) is 2. The molecule has 1 fully saturated rings. The molecule has 1 N–H and O–H groups in total. The summed E-state index contributed by atoms with van der Waals surface area (Å²) in [5.74, 6) is -2.07. The lowest BCUT2D eigenvalue weighted by Gasteiger charge is -2.30. The van der Waals surface area contributed by atoms with Gasteiger partial charge in [0.1, 0.15) is 12.4 Å². The summed E-state index contributed by atoms with van der Waals surface area (Å²) in [6, 6.07) is 13.0. The number of methoxy groups -OCH3 is 1. The van der Waals surface area contributed by atoms with Crippen LogP contribution in [-0.4, -0.2) is 18.2 Å². The predicted octanol–water partition coefficient (Wildman–Crippen LogP) is 8.04. The van der Waals surface area contributed by atoms with E-state index in [0.717, 1.165) is 37.0 Å². The van der Waals surface area contributed by atoms with Gasteiger partial charge >= 0.3 is 5.97 Å². The monoisotopic (exact) mass is 544 g/mol. The first-order chi connectivity index (χ1) is 18.5. The summed E-state index contributed by atoms with van der Waals surface area (Å²) < 4.78 is 67.2. The second-order valence-corrected chi connectivity index (χ2v) is 10.6. The first-order valence-electron chi connectivity index (χ1n) is 12.9. The molecule has 0 spiro atoms.